The molecule has 128 valence electrons. The van der Waals surface area contributed by atoms with Gasteiger partial charge in [0.2, 0.25) is 0 Å². The fourth-order valence-corrected chi connectivity index (χ4v) is 3.00. The summed E-state index contributed by atoms with van der Waals surface area (Å²) in [7, 11) is 0. The molecule has 0 bridgehead atoms. The average molecular weight is 320 g/mol. The predicted molar refractivity (Wildman–Crippen MR) is 90.7 cm³/mol. The van der Waals surface area contributed by atoms with E-state index in [1.54, 1.807) is 0 Å². The van der Waals surface area contributed by atoms with Crippen molar-refractivity contribution >= 4 is 6.03 Å². The predicted octanol–water partition coefficient (Wildman–Crippen LogP) is 2.71. The maximum absolute atomic E-state index is 12.4. The maximum Gasteiger partial charge on any atom is 0.317 e. The van der Waals surface area contributed by atoms with Crippen LogP contribution in [0.1, 0.15) is 38.2 Å². The Hall–Kier alpha value is -1.75. The number of likely N-dealkylation sites (tertiary alicyclic amines) is 1. The molecule has 2 N–H and O–H groups in total. The third-order valence-corrected chi connectivity index (χ3v) is 4.31. The van der Waals surface area contributed by atoms with Crippen molar-refractivity contribution < 1.29 is 14.6 Å². The van der Waals surface area contributed by atoms with Crippen LogP contribution in [-0.4, -0.2) is 47.9 Å². The molecule has 1 aromatic carbocycles. The SMILES string of the molecule is Cc1ccccc1OC(C)CNC(=O)N1CCCCC1CCO. The topological polar surface area (TPSA) is 61.8 Å². The monoisotopic (exact) mass is 320 g/mol. The van der Waals surface area contributed by atoms with Gasteiger partial charge in [-0.15, -0.1) is 0 Å². The number of amides is 2. The minimum absolute atomic E-state index is 0.0524. The van der Waals surface area contributed by atoms with E-state index in [9.17, 15) is 4.79 Å². The van der Waals surface area contributed by atoms with Gasteiger partial charge in [-0.25, -0.2) is 4.79 Å². The van der Waals surface area contributed by atoms with Gasteiger partial charge in [0, 0.05) is 19.2 Å². The molecule has 0 aliphatic carbocycles. The number of hydrogen-bond donors (Lipinski definition) is 2. The van der Waals surface area contributed by atoms with Gasteiger partial charge in [0.1, 0.15) is 11.9 Å². The van der Waals surface area contributed by atoms with Crippen LogP contribution in [0.4, 0.5) is 4.79 Å². The molecule has 0 aromatic heterocycles. The molecule has 1 aliphatic heterocycles. The first-order valence-corrected chi connectivity index (χ1v) is 8.49. The van der Waals surface area contributed by atoms with Crippen LogP contribution in [0, 0.1) is 6.92 Å². The van der Waals surface area contributed by atoms with Gasteiger partial charge in [-0.05, 0) is 51.2 Å². The Morgan fingerprint density at radius 3 is 2.96 bits per heavy atom. The molecule has 2 atom stereocenters. The Bertz CT molecular complexity index is 505. The van der Waals surface area contributed by atoms with Crippen molar-refractivity contribution in [3.8, 4) is 5.75 Å². The first-order chi connectivity index (χ1) is 11.1. The number of carbonyl (C=O) groups is 1. The molecule has 1 aromatic rings. The van der Waals surface area contributed by atoms with E-state index in [0.717, 1.165) is 37.1 Å². The molecule has 1 heterocycles. The molecule has 0 spiro atoms. The summed E-state index contributed by atoms with van der Waals surface area (Å²) in [5.41, 5.74) is 1.09. The third-order valence-electron chi connectivity index (χ3n) is 4.31. The lowest BCUT2D eigenvalue weighted by atomic mass is 10.0. The summed E-state index contributed by atoms with van der Waals surface area (Å²) in [5, 5.41) is 12.1. The molecule has 1 aliphatic rings. The second-order valence-corrected chi connectivity index (χ2v) is 6.24. The molecule has 1 saturated heterocycles. The Morgan fingerprint density at radius 1 is 1.43 bits per heavy atom. The second kappa shape index (κ2) is 8.77. The van der Waals surface area contributed by atoms with Crippen LogP contribution in [0.25, 0.3) is 0 Å². The Labute approximate surface area is 138 Å². The van der Waals surface area contributed by atoms with Gasteiger partial charge in [0.15, 0.2) is 0 Å². The molecular formula is C18H28N2O3. The standard InChI is InChI=1S/C18H28N2O3/c1-14-7-3-4-9-17(14)23-15(2)13-19-18(22)20-11-6-5-8-16(20)10-12-21/h3-4,7,9,15-16,21H,5-6,8,10-13H2,1-2H3,(H,19,22). The second-order valence-electron chi connectivity index (χ2n) is 6.24. The number of hydrogen-bond acceptors (Lipinski definition) is 3. The van der Waals surface area contributed by atoms with Gasteiger partial charge in [-0.2, -0.15) is 0 Å². The lowest BCUT2D eigenvalue weighted by molar-refractivity contribution is 0.127. The van der Waals surface area contributed by atoms with E-state index < -0.39 is 0 Å². The van der Waals surface area contributed by atoms with Gasteiger partial charge in [-0.1, -0.05) is 18.2 Å². The van der Waals surface area contributed by atoms with Crippen molar-refractivity contribution in [1.29, 1.82) is 0 Å². The van der Waals surface area contributed by atoms with Crippen molar-refractivity contribution in [2.75, 3.05) is 19.7 Å². The van der Waals surface area contributed by atoms with Crippen molar-refractivity contribution in [3.63, 3.8) is 0 Å². The summed E-state index contributed by atoms with van der Waals surface area (Å²) in [4.78, 5) is 14.2. The highest BCUT2D eigenvalue weighted by atomic mass is 16.5. The van der Waals surface area contributed by atoms with E-state index in [2.05, 4.69) is 5.32 Å². The van der Waals surface area contributed by atoms with E-state index >= 15 is 0 Å². The van der Waals surface area contributed by atoms with Crippen LogP contribution in [0.3, 0.4) is 0 Å². The van der Waals surface area contributed by atoms with Crippen LogP contribution >= 0.6 is 0 Å². The Balaban J connectivity index is 1.82. The van der Waals surface area contributed by atoms with E-state index in [1.165, 1.54) is 0 Å². The largest absolute Gasteiger partial charge is 0.489 e. The van der Waals surface area contributed by atoms with Gasteiger partial charge in [-0.3, -0.25) is 0 Å². The molecule has 2 rings (SSSR count). The molecule has 2 amide bonds. The number of benzene rings is 1. The molecule has 23 heavy (non-hydrogen) atoms. The summed E-state index contributed by atoms with van der Waals surface area (Å²) in [5.74, 6) is 0.852. The van der Waals surface area contributed by atoms with Gasteiger partial charge < -0.3 is 20.1 Å². The zero-order valence-corrected chi connectivity index (χ0v) is 14.1. The van der Waals surface area contributed by atoms with Gasteiger partial charge in [0.05, 0.1) is 6.54 Å². The highest BCUT2D eigenvalue weighted by Gasteiger charge is 2.26. The summed E-state index contributed by atoms with van der Waals surface area (Å²) in [6, 6.07) is 7.97. The molecule has 1 fully saturated rings. The number of carbonyl (C=O) groups excluding carboxylic acids is 1. The zero-order chi connectivity index (χ0) is 16.7. The van der Waals surface area contributed by atoms with Crippen molar-refractivity contribution in [1.82, 2.24) is 10.2 Å². The number of aliphatic hydroxyl groups is 1. The highest BCUT2D eigenvalue weighted by Crippen LogP contribution is 2.20. The minimum atomic E-state index is -0.0962. The van der Waals surface area contributed by atoms with Crippen molar-refractivity contribution in [2.24, 2.45) is 0 Å². The van der Waals surface area contributed by atoms with Gasteiger partial charge in [0.25, 0.3) is 0 Å². The Kier molecular flexibility index (Phi) is 6.71. The molecule has 5 nitrogen and oxygen atoms in total. The number of para-hydroxylation sites is 1. The van der Waals surface area contributed by atoms with Crippen LogP contribution in [0.2, 0.25) is 0 Å². The first-order valence-electron chi connectivity index (χ1n) is 8.49. The molecule has 2 unspecified atom stereocenters. The number of aryl methyl sites for hydroxylation is 1. The average Bonchev–Trinajstić information content (AvgIpc) is 2.55. The smallest absolute Gasteiger partial charge is 0.317 e. The van der Waals surface area contributed by atoms with E-state index in [1.807, 2.05) is 43.0 Å². The van der Waals surface area contributed by atoms with E-state index in [4.69, 9.17) is 9.84 Å². The molecule has 0 radical (unpaired) electrons. The third kappa shape index (κ3) is 5.13. The summed E-state index contributed by atoms with van der Waals surface area (Å²) in [6.45, 7) is 5.32. The minimum Gasteiger partial charge on any atom is -0.489 e. The first kappa shape index (κ1) is 17.6. The maximum atomic E-state index is 12.4. The van der Waals surface area contributed by atoms with Crippen molar-refractivity contribution in [3.05, 3.63) is 29.8 Å². The zero-order valence-electron chi connectivity index (χ0n) is 14.1. The van der Waals surface area contributed by atoms with Crippen LogP contribution in [0.15, 0.2) is 24.3 Å². The highest BCUT2D eigenvalue weighted by molar-refractivity contribution is 5.74. The summed E-state index contributed by atoms with van der Waals surface area (Å²) < 4.78 is 5.88. The molecular weight excluding hydrogens is 292 g/mol. The van der Waals surface area contributed by atoms with Crippen LogP contribution in [0.5, 0.6) is 5.75 Å². The van der Waals surface area contributed by atoms with E-state index in [0.29, 0.717) is 13.0 Å². The quantitative estimate of drug-likeness (QED) is 0.847. The number of urea groups is 1. The molecule has 0 saturated carbocycles. The van der Waals surface area contributed by atoms with Crippen LogP contribution < -0.4 is 10.1 Å². The normalized spacial score (nSPS) is 19.3. The summed E-state index contributed by atoms with van der Waals surface area (Å²) >= 11 is 0. The lowest BCUT2D eigenvalue weighted by Gasteiger charge is -2.35. The Morgan fingerprint density at radius 2 is 2.22 bits per heavy atom. The van der Waals surface area contributed by atoms with Gasteiger partial charge >= 0.3 is 6.03 Å². The van der Waals surface area contributed by atoms with Crippen molar-refractivity contribution in [2.45, 2.75) is 51.7 Å². The summed E-state index contributed by atoms with van der Waals surface area (Å²) in [6.07, 6.45) is 3.69. The number of nitrogens with zero attached hydrogens (tertiary/aromatic N) is 1. The van der Waals surface area contributed by atoms with E-state index in [-0.39, 0.29) is 24.8 Å². The molecule has 5 heteroatoms. The number of piperidine rings is 1. The van der Waals surface area contributed by atoms with Crippen LogP contribution in [-0.2, 0) is 0 Å². The fraction of sp³-hybridized carbons (Fsp3) is 0.611. The fourth-order valence-electron chi connectivity index (χ4n) is 3.00. The lowest BCUT2D eigenvalue weighted by Crippen LogP contribution is -2.50. The number of nitrogens with one attached hydrogen (secondary N) is 1. The number of aliphatic hydroxyl groups excluding tert-OH is 1. The number of rotatable bonds is 6. The number of ether oxygens (including phenoxy) is 1.